The number of ether oxygens (including phenoxy) is 1. The smallest absolute Gasteiger partial charge is 0.325 e. The van der Waals surface area contributed by atoms with E-state index in [2.05, 4.69) is 10.2 Å². The Hall–Kier alpha value is -1.71. The molecule has 0 aromatic rings. The number of carbonyl (C=O) groups is 3. The maximum absolute atomic E-state index is 12.6. The summed E-state index contributed by atoms with van der Waals surface area (Å²) >= 11 is 0. The van der Waals surface area contributed by atoms with E-state index in [9.17, 15) is 19.5 Å². The highest BCUT2D eigenvalue weighted by Gasteiger charge is 2.35. The molecule has 3 heterocycles. The van der Waals surface area contributed by atoms with Crippen LogP contribution in [0.2, 0.25) is 0 Å². The minimum atomic E-state index is -0.515. The largest absolute Gasteiger partial charge is 0.396 e. The van der Waals surface area contributed by atoms with Crippen molar-refractivity contribution in [3.8, 4) is 0 Å². The summed E-state index contributed by atoms with van der Waals surface area (Å²) in [5.41, 5.74) is 0. The van der Waals surface area contributed by atoms with Crippen molar-refractivity contribution >= 4 is 17.8 Å². The van der Waals surface area contributed by atoms with Gasteiger partial charge in [0.25, 0.3) is 5.91 Å². The van der Waals surface area contributed by atoms with E-state index in [0.29, 0.717) is 13.1 Å². The molecule has 0 spiro atoms. The van der Waals surface area contributed by atoms with Crippen LogP contribution in [-0.4, -0.2) is 103 Å². The second-order valence-corrected chi connectivity index (χ2v) is 7.00. The van der Waals surface area contributed by atoms with Gasteiger partial charge in [0.05, 0.1) is 19.8 Å². The van der Waals surface area contributed by atoms with Gasteiger partial charge in [0.2, 0.25) is 5.91 Å². The Morgan fingerprint density at radius 2 is 1.92 bits per heavy atom. The zero-order chi connectivity index (χ0) is 17.8. The summed E-state index contributed by atoms with van der Waals surface area (Å²) in [6.07, 6.45) is 0.876. The van der Waals surface area contributed by atoms with Crippen molar-refractivity contribution in [3.05, 3.63) is 0 Å². The van der Waals surface area contributed by atoms with Crippen LogP contribution in [0.15, 0.2) is 0 Å². The number of nitrogens with zero attached hydrogens (tertiary/aromatic N) is 3. The fraction of sp³-hybridized carbons (Fsp3) is 0.812. The number of rotatable bonds is 5. The van der Waals surface area contributed by atoms with Crippen LogP contribution in [0.25, 0.3) is 0 Å². The molecule has 3 aliphatic heterocycles. The lowest BCUT2D eigenvalue weighted by atomic mass is 9.89. The number of amides is 4. The van der Waals surface area contributed by atoms with Crippen LogP contribution < -0.4 is 5.32 Å². The summed E-state index contributed by atoms with van der Waals surface area (Å²) in [6, 6.07) is -0.515. The Labute approximate surface area is 146 Å². The van der Waals surface area contributed by atoms with E-state index in [0.717, 1.165) is 44.2 Å². The average molecular weight is 354 g/mol. The van der Waals surface area contributed by atoms with E-state index < -0.39 is 6.03 Å². The number of hydrogen-bond acceptors (Lipinski definition) is 6. The molecule has 0 aromatic heterocycles. The van der Waals surface area contributed by atoms with Crippen LogP contribution in [0.5, 0.6) is 0 Å². The van der Waals surface area contributed by atoms with Crippen molar-refractivity contribution in [3.63, 3.8) is 0 Å². The topological polar surface area (TPSA) is 102 Å². The number of aliphatic hydroxyl groups excluding tert-OH is 1. The molecule has 3 saturated heterocycles. The quantitative estimate of drug-likeness (QED) is 0.572. The summed E-state index contributed by atoms with van der Waals surface area (Å²) < 4.78 is 5.36. The molecule has 0 unspecified atom stereocenters. The lowest BCUT2D eigenvalue weighted by Gasteiger charge is -2.40. The molecule has 2 N–H and O–H groups in total. The molecule has 0 radical (unpaired) electrons. The Kier molecular flexibility index (Phi) is 5.87. The second-order valence-electron chi connectivity index (χ2n) is 7.00. The van der Waals surface area contributed by atoms with E-state index in [1.54, 1.807) is 4.90 Å². The Morgan fingerprint density at radius 3 is 2.56 bits per heavy atom. The monoisotopic (exact) mass is 354 g/mol. The van der Waals surface area contributed by atoms with Gasteiger partial charge in [-0.25, -0.2) is 4.79 Å². The van der Waals surface area contributed by atoms with Gasteiger partial charge in [0.15, 0.2) is 0 Å². The van der Waals surface area contributed by atoms with Crippen LogP contribution in [0.4, 0.5) is 4.79 Å². The Balaban J connectivity index is 1.58. The summed E-state index contributed by atoms with van der Waals surface area (Å²) in [7, 11) is 0. The molecule has 140 valence electrons. The van der Waals surface area contributed by atoms with Crippen LogP contribution in [-0.2, 0) is 14.3 Å². The number of hydrogen-bond donors (Lipinski definition) is 2. The standard InChI is InChI=1S/C16H26N4O5/c21-11-13-5-12(7-18-1-3-25-4-2-18)8-19(9-13)15(23)10-20-14(22)6-17-16(20)24/h12-13,21H,1-11H2,(H,17,24)/t12-,13+/m1/s1. The van der Waals surface area contributed by atoms with E-state index in [4.69, 9.17) is 4.74 Å². The third-order valence-corrected chi connectivity index (χ3v) is 5.09. The first-order valence-corrected chi connectivity index (χ1v) is 8.83. The maximum atomic E-state index is 12.6. The highest BCUT2D eigenvalue weighted by Crippen LogP contribution is 2.23. The number of piperidine rings is 1. The number of imide groups is 1. The van der Waals surface area contributed by atoms with Crippen molar-refractivity contribution in [2.75, 3.05) is 65.6 Å². The van der Waals surface area contributed by atoms with Crippen LogP contribution in [0, 0.1) is 11.8 Å². The second kappa shape index (κ2) is 8.11. The molecule has 3 rings (SSSR count). The predicted molar refractivity (Wildman–Crippen MR) is 87.6 cm³/mol. The lowest BCUT2D eigenvalue weighted by molar-refractivity contribution is -0.139. The van der Waals surface area contributed by atoms with Gasteiger partial charge in [-0.05, 0) is 18.3 Å². The Morgan fingerprint density at radius 1 is 1.20 bits per heavy atom. The fourth-order valence-corrected chi connectivity index (χ4v) is 3.79. The first-order chi connectivity index (χ1) is 12.1. The number of carbonyl (C=O) groups excluding carboxylic acids is 3. The highest BCUT2D eigenvalue weighted by molar-refractivity contribution is 6.04. The molecule has 2 atom stereocenters. The molecule has 25 heavy (non-hydrogen) atoms. The first kappa shape index (κ1) is 18.1. The zero-order valence-electron chi connectivity index (χ0n) is 14.4. The van der Waals surface area contributed by atoms with E-state index in [1.807, 2.05) is 0 Å². The van der Waals surface area contributed by atoms with Crippen LogP contribution >= 0.6 is 0 Å². The number of aliphatic hydroxyl groups is 1. The van der Waals surface area contributed by atoms with Gasteiger partial charge in [-0.2, -0.15) is 0 Å². The molecule has 0 aliphatic carbocycles. The van der Waals surface area contributed by atoms with Gasteiger partial charge >= 0.3 is 6.03 Å². The van der Waals surface area contributed by atoms with Crippen molar-refractivity contribution in [2.45, 2.75) is 6.42 Å². The number of likely N-dealkylation sites (tertiary alicyclic amines) is 1. The fourth-order valence-electron chi connectivity index (χ4n) is 3.79. The van der Waals surface area contributed by atoms with Crippen molar-refractivity contribution < 1.29 is 24.2 Å². The van der Waals surface area contributed by atoms with Crippen molar-refractivity contribution in [2.24, 2.45) is 11.8 Å². The molecular weight excluding hydrogens is 328 g/mol. The number of nitrogens with one attached hydrogen (secondary N) is 1. The first-order valence-electron chi connectivity index (χ1n) is 8.83. The number of morpholine rings is 1. The van der Waals surface area contributed by atoms with Gasteiger partial charge in [0, 0.05) is 39.3 Å². The maximum Gasteiger partial charge on any atom is 0.325 e. The zero-order valence-corrected chi connectivity index (χ0v) is 14.4. The van der Waals surface area contributed by atoms with Crippen LogP contribution in [0.1, 0.15) is 6.42 Å². The van der Waals surface area contributed by atoms with Gasteiger partial charge < -0.3 is 20.1 Å². The summed E-state index contributed by atoms with van der Waals surface area (Å²) in [4.78, 5) is 40.8. The molecule has 9 heteroatoms. The summed E-state index contributed by atoms with van der Waals surface area (Å²) in [5.74, 6) is -0.308. The van der Waals surface area contributed by atoms with Crippen molar-refractivity contribution in [1.82, 2.24) is 20.0 Å². The molecule has 4 amide bonds. The Bertz CT molecular complexity index is 507. The van der Waals surface area contributed by atoms with E-state index >= 15 is 0 Å². The number of urea groups is 1. The summed E-state index contributed by atoms with van der Waals surface area (Å²) in [5, 5.41) is 12.0. The molecular formula is C16H26N4O5. The average Bonchev–Trinajstić information content (AvgIpc) is 2.94. The SMILES string of the molecule is O=C(CN1C(=O)CNC1=O)N1C[C@@H](CN2CCOCC2)C[C@H](CO)C1. The molecule has 3 fully saturated rings. The lowest BCUT2D eigenvalue weighted by Crippen LogP contribution is -2.52. The van der Waals surface area contributed by atoms with Gasteiger partial charge in [-0.3, -0.25) is 19.4 Å². The summed E-state index contributed by atoms with van der Waals surface area (Å²) in [6.45, 7) is 4.91. The minimum absolute atomic E-state index is 0.0341. The van der Waals surface area contributed by atoms with Gasteiger partial charge in [-0.15, -0.1) is 0 Å². The third kappa shape index (κ3) is 4.47. The van der Waals surface area contributed by atoms with Crippen LogP contribution in [0.3, 0.4) is 0 Å². The molecule has 0 bridgehead atoms. The van der Waals surface area contributed by atoms with Gasteiger partial charge in [0.1, 0.15) is 6.54 Å². The van der Waals surface area contributed by atoms with Gasteiger partial charge in [-0.1, -0.05) is 0 Å². The molecule has 0 aromatic carbocycles. The normalized spacial score (nSPS) is 28.4. The van der Waals surface area contributed by atoms with E-state index in [1.165, 1.54) is 0 Å². The predicted octanol–water partition coefficient (Wildman–Crippen LogP) is -1.67. The molecule has 3 aliphatic rings. The highest BCUT2D eigenvalue weighted by atomic mass is 16.5. The molecule has 0 saturated carbocycles. The van der Waals surface area contributed by atoms with Crippen molar-refractivity contribution in [1.29, 1.82) is 0 Å². The van der Waals surface area contributed by atoms with E-state index in [-0.39, 0.29) is 43.3 Å². The third-order valence-electron chi connectivity index (χ3n) is 5.09. The molecule has 9 nitrogen and oxygen atoms in total. The minimum Gasteiger partial charge on any atom is -0.396 e.